The van der Waals surface area contributed by atoms with Gasteiger partial charge in [-0.05, 0) is 49.4 Å². The summed E-state index contributed by atoms with van der Waals surface area (Å²) in [6, 6.07) is 6.87. The van der Waals surface area contributed by atoms with Gasteiger partial charge in [-0.25, -0.2) is 4.79 Å². The average molecular weight is 333 g/mol. The van der Waals surface area contributed by atoms with Crippen molar-refractivity contribution in [1.82, 2.24) is 5.32 Å². The van der Waals surface area contributed by atoms with Crippen LogP contribution < -0.4 is 10.1 Å². The Balaban J connectivity index is 1.79. The molecule has 3 atom stereocenters. The van der Waals surface area contributed by atoms with Gasteiger partial charge in [-0.3, -0.25) is 4.79 Å². The van der Waals surface area contributed by atoms with E-state index in [4.69, 9.17) is 9.47 Å². The smallest absolute Gasteiger partial charge is 0.338 e. The molecule has 0 radical (unpaired) electrons. The maximum atomic E-state index is 12.0. The Bertz CT molecular complexity index is 555. The molecule has 1 aromatic carbocycles. The van der Waals surface area contributed by atoms with Crippen LogP contribution in [-0.2, 0) is 9.53 Å². The Morgan fingerprint density at radius 2 is 1.88 bits per heavy atom. The molecule has 5 heteroatoms. The zero-order chi connectivity index (χ0) is 17.5. The quantitative estimate of drug-likeness (QED) is 0.812. The standard InChI is InChI=1S/C19H27NO4/c1-4-23-16-10-8-15(9-11-16)19(22)24-12-18(21)20-17-7-5-6-13(2)14(17)3/h8-11,13-14,17H,4-7,12H2,1-3H3,(H,20,21)/t13-,14+,17+/m1/s1. The van der Waals surface area contributed by atoms with Gasteiger partial charge in [0.2, 0.25) is 0 Å². The van der Waals surface area contributed by atoms with Gasteiger partial charge in [-0.2, -0.15) is 0 Å². The molecule has 0 aliphatic heterocycles. The molecule has 1 aliphatic rings. The third-order valence-corrected chi connectivity index (χ3v) is 4.79. The Morgan fingerprint density at radius 3 is 2.54 bits per heavy atom. The lowest BCUT2D eigenvalue weighted by atomic mass is 9.78. The largest absolute Gasteiger partial charge is 0.494 e. The van der Waals surface area contributed by atoms with Crippen molar-refractivity contribution < 1.29 is 19.1 Å². The van der Waals surface area contributed by atoms with Crippen molar-refractivity contribution in [3.8, 4) is 5.75 Å². The highest BCUT2D eigenvalue weighted by atomic mass is 16.5. The Morgan fingerprint density at radius 1 is 1.17 bits per heavy atom. The van der Waals surface area contributed by atoms with Crippen LogP contribution in [0.5, 0.6) is 5.75 Å². The number of nitrogens with one attached hydrogen (secondary N) is 1. The van der Waals surface area contributed by atoms with Gasteiger partial charge in [0.25, 0.3) is 5.91 Å². The minimum atomic E-state index is -0.502. The number of esters is 1. The molecule has 132 valence electrons. The highest BCUT2D eigenvalue weighted by Crippen LogP contribution is 2.29. The molecule has 24 heavy (non-hydrogen) atoms. The minimum absolute atomic E-state index is 0.172. The van der Waals surface area contributed by atoms with Gasteiger partial charge in [0.05, 0.1) is 12.2 Å². The van der Waals surface area contributed by atoms with Crippen LogP contribution in [0.3, 0.4) is 0 Å². The molecular formula is C19H27NO4. The van der Waals surface area contributed by atoms with Crippen LogP contribution in [0, 0.1) is 11.8 Å². The molecule has 1 N–H and O–H groups in total. The van der Waals surface area contributed by atoms with Crippen molar-refractivity contribution in [2.75, 3.05) is 13.2 Å². The maximum absolute atomic E-state index is 12.0. The zero-order valence-electron chi connectivity index (χ0n) is 14.7. The number of benzene rings is 1. The summed E-state index contributed by atoms with van der Waals surface area (Å²) in [5.74, 6) is 1.02. The minimum Gasteiger partial charge on any atom is -0.494 e. The molecule has 2 rings (SSSR count). The van der Waals surface area contributed by atoms with E-state index >= 15 is 0 Å². The summed E-state index contributed by atoms with van der Waals surface area (Å²) < 4.78 is 10.4. The lowest BCUT2D eigenvalue weighted by molar-refractivity contribution is -0.125. The van der Waals surface area contributed by atoms with E-state index in [1.54, 1.807) is 24.3 Å². The Labute approximate surface area is 143 Å². The molecule has 0 spiro atoms. The maximum Gasteiger partial charge on any atom is 0.338 e. The van der Waals surface area contributed by atoms with E-state index in [0.29, 0.717) is 29.8 Å². The van der Waals surface area contributed by atoms with Crippen LogP contribution in [0.1, 0.15) is 50.4 Å². The van der Waals surface area contributed by atoms with Crippen molar-refractivity contribution in [3.05, 3.63) is 29.8 Å². The van der Waals surface area contributed by atoms with Crippen LogP contribution in [0.25, 0.3) is 0 Å². The summed E-state index contributed by atoms with van der Waals surface area (Å²) in [5.41, 5.74) is 0.408. The van der Waals surface area contributed by atoms with Crippen LogP contribution >= 0.6 is 0 Å². The fourth-order valence-electron chi connectivity index (χ4n) is 3.10. The van der Waals surface area contributed by atoms with Crippen LogP contribution in [-0.4, -0.2) is 31.1 Å². The van der Waals surface area contributed by atoms with Gasteiger partial charge in [-0.1, -0.05) is 26.7 Å². The first-order chi connectivity index (χ1) is 11.5. The number of amides is 1. The molecule has 0 saturated heterocycles. The number of carbonyl (C=O) groups is 2. The Hall–Kier alpha value is -2.04. The molecular weight excluding hydrogens is 306 g/mol. The highest BCUT2D eigenvalue weighted by Gasteiger charge is 2.28. The Kier molecular flexibility index (Phi) is 6.64. The topological polar surface area (TPSA) is 64.6 Å². The molecule has 0 bridgehead atoms. The summed E-state index contributed by atoms with van der Waals surface area (Å²) in [6.07, 6.45) is 3.33. The zero-order valence-corrected chi connectivity index (χ0v) is 14.7. The first-order valence-electron chi connectivity index (χ1n) is 8.70. The molecule has 1 saturated carbocycles. The summed E-state index contributed by atoms with van der Waals surface area (Å²) in [4.78, 5) is 24.0. The summed E-state index contributed by atoms with van der Waals surface area (Å²) in [5, 5.41) is 3.00. The van der Waals surface area contributed by atoms with Crippen LogP contribution in [0.15, 0.2) is 24.3 Å². The molecule has 1 fully saturated rings. The van der Waals surface area contributed by atoms with E-state index in [1.807, 2.05) is 6.92 Å². The first-order valence-corrected chi connectivity index (χ1v) is 8.70. The molecule has 0 unspecified atom stereocenters. The van der Waals surface area contributed by atoms with Gasteiger partial charge in [-0.15, -0.1) is 0 Å². The number of carbonyl (C=O) groups excluding carboxylic acids is 2. The van der Waals surface area contributed by atoms with Gasteiger partial charge in [0, 0.05) is 6.04 Å². The highest BCUT2D eigenvalue weighted by molar-refractivity contribution is 5.91. The van der Waals surface area contributed by atoms with Crippen molar-refractivity contribution >= 4 is 11.9 Å². The van der Waals surface area contributed by atoms with E-state index < -0.39 is 5.97 Å². The third kappa shape index (κ3) is 4.98. The monoisotopic (exact) mass is 333 g/mol. The second-order valence-electron chi connectivity index (χ2n) is 6.47. The van der Waals surface area contributed by atoms with Crippen LogP contribution in [0.4, 0.5) is 0 Å². The van der Waals surface area contributed by atoms with Gasteiger partial charge < -0.3 is 14.8 Å². The van der Waals surface area contributed by atoms with Crippen molar-refractivity contribution in [3.63, 3.8) is 0 Å². The van der Waals surface area contributed by atoms with Crippen molar-refractivity contribution in [1.29, 1.82) is 0 Å². The normalized spacial score (nSPS) is 23.4. The van der Waals surface area contributed by atoms with Crippen molar-refractivity contribution in [2.45, 2.75) is 46.1 Å². The predicted molar refractivity (Wildman–Crippen MR) is 92.0 cm³/mol. The van der Waals surface area contributed by atoms with Gasteiger partial charge in [0.15, 0.2) is 6.61 Å². The summed E-state index contributed by atoms with van der Waals surface area (Å²) in [6.45, 7) is 6.61. The van der Waals surface area contributed by atoms with E-state index in [-0.39, 0.29) is 18.6 Å². The summed E-state index contributed by atoms with van der Waals surface area (Å²) in [7, 11) is 0. The molecule has 1 amide bonds. The lowest BCUT2D eigenvalue weighted by Crippen LogP contribution is -2.45. The average Bonchev–Trinajstić information content (AvgIpc) is 2.58. The second kappa shape index (κ2) is 8.71. The summed E-state index contributed by atoms with van der Waals surface area (Å²) >= 11 is 0. The van der Waals surface area contributed by atoms with E-state index in [1.165, 1.54) is 6.42 Å². The predicted octanol–water partition coefficient (Wildman–Crippen LogP) is 3.18. The van der Waals surface area contributed by atoms with Gasteiger partial charge >= 0.3 is 5.97 Å². The fourth-order valence-corrected chi connectivity index (χ4v) is 3.10. The second-order valence-corrected chi connectivity index (χ2v) is 6.47. The van der Waals surface area contributed by atoms with E-state index in [0.717, 1.165) is 12.8 Å². The molecule has 1 aromatic rings. The molecule has 0 aromatic heterocycles. The lowest BCUT2D eigenvalue weighted by Gasteiger charge is -2.34. The molecule has 5 nitrogen and oxygen atoms in total. The van der Waals surface area contributed by atoms with Crippen molar-refractivity contribution in [2.24, 2.45) is 11.8 Å². The molecule has 0 heterocycles. The number of ether oxygens (including phenoxy) is 2. The number of hydrogen-bond acceptors (Lipinski definition) is 4. The number of rotatable bonds is 6. The van der Waals surface area contributed by atoms with E-state index in [2.05, 4.69) is 19.2 Å². The SMILES string of the molecule is CCOc1ccc(C(=O)OCC(=O)N[C@H]2CCC[C@@H](C)[C@@H]2C)cc1. The third-order valence-electron chi connectivity index (χ3n) is 4.79. The molecule has 1 aliphatic carbocycles. The van der Waals surface area contributed by atoms with E-state index in [9.17, 15) is 9.59 Å². The van der Waals surface area contributed by atoms with Gasteiger partial charge in [0.1, 0.15) is 5.75 Å². The van der Waals surface area contributed by atoms with Crippen LogP contribution in [0.2, 0.25) is 0 Å². The first kappa shape index (κ1) is 18.3. The fraction of sp³-hybridized carbons (Fsp3) is 0.579. The number of hydrogen-bond donors (Lipinski definition) is 1.